The number of morpholine rings is 1. The Bertz CT molecular complexity index is 1550. The largest absolute Gasteiger partial charge is 0.506 e. The number of carbonyl (C=O) groups is 1. The second kappa shape index (κ2) is 11.3. The minimum absolute atomic E-state index is 0.220. The summed E-state index contributed by atoms with van der Waals surface area (Å²) in [4.78, 5) is 33.7. The zero-order valence-electron chi connectivity index (χ0n) is 21.4. The molecule has 2 N–H and O–H groups in total. The van der Waals surface area contributed by atoms with Crippen molar-refractivity contribution >= 4 is 16.9 Å². The third-order valence-corrected chi connectivity index (χ3v) is 6.94. The summed E-state index contributed by atoms with van der Waals surface area (Å²) in [5.74, 6) is -2.04. The Morgan fingerprint density at radius 1 is 1.03 bits per heavy atom. The van der Waals surface area contributed by atoms with Gasteiger partial charge in [-0.15, -0.1) is 0 Å². The van der Waals surface area contributed by atoms with Crippen molar-refractivity contribution in [2.24, 2.45) is 0 Å². The first-order valence-corrected chi connectivity index (χ1v) is 12.7. The highest BCUT2D eigenvalue weighted by atomic mass is 19.1. The summed E-state index contributed by atoms with van der Waals surface area (Å²) >= 11 is 0. The molecule has 1 aliphatic heterocycles. The van der Waals surface area contributed by atoms with Gasteiger partial charge in [-0.2, -0.15) is 0 Å². The SMILES string of the molecule is CC(NC(=O)c1c(O)c2cc(-c3ccc(F)cc3)cnc2n(CCN2CCOCC2)c1=O)c1ccc(F)cc1. The van der Waals surface area contributed by atoms with Gasteiger partial charge in [-0.3, -0.25) is 19.1 Å². The van der Waals surface area contributed by atoms with E-state index in [1.165, 1.54) is 28.8 Å². The van der Waals surface area contributed by atoms with Crippen LogP contribution < -0.4 is 10.9 Å². The van der Waals surface area contributed by atoms with Crippen molar-refractivity contribution in [3.63, 3.8) is 0 Å². The van der Waals surface area contributed by atoms with Crippen molar-refractivity contribution < 1.29 is 23.4 Å². The first-order valence-electron chi connectivity index (χ1n) is 12.7. The lowest BCUT2D eigenvalue weighted by molar-refractivity contribution is 0.0364. The number of halogens is 2. The number of aromatic hydroxyl groups is 1. The molecule has 0 radical (unpaired) electrons. The van der Waals surface area contributed by atoms with Crippen LogP contribution in [0.5, 0.6) is 5.75 Å². The van der Waals surface area contributed by atoms with Crippen LogP contribution in [0, 0.1) is 11.6 Å². The van der Waals surface area contributed by atoms with Crippen molar-refractivity contribution in [2.45, 2.75) is 19.5 Å². The first-order chi connectivity index (χ1) is 18.8. The molecule has 2 aromatic carbocycles. The molecule has 5 rings (SSSR count). The smallest absolute Gasteiger partial charge is 0.268 e. The number of benzene rings is 2. The van der Waals surface area contributed by atoms with E-state index in [1.54, 1.807) is 43.5 Å². The molecule has 0 bridgehead atoms. The maximum absolute atomic E-state index is 13.6. The Hall–Kier alpha value is -4.15. The van der Waals surface area contributed by atoms with E-state index < -0.39 is 34.6 Å². The minimum atomic E-state index is -0.761. The third kappa shape index (κ3) is 5.67. The number of fused-ring (bicyclic) bond motifs is 1. The Morgan fingerprint density at radius 2 is 1.67 bits per heavy atom. The number of pyridine rings is 2. The molecular formula is C29H28F2N4O4. The summed E-state index contributed by atoms with van der Waals surface area (Å²) < 4.78 is 33.6. The van der Waals surface area contributed by atoms with Crippen LogP contribution >= 0.6 is 0 Å². The van der Waals surface area contributed by atoms with Crippen LogP contribution in [0.2, 0.25) is 0 Å². The van der Waals surface area contributed by atoms with E-state index in [2.05, 4.69) is 15.2 Å². The average molecular weight is 535 g/mol. The molecule has 4 aromatic rings. The summed E-state index contributed by atoms with van der Waals surface area (Å²) in [5, 5.41) is 14.2. The zero-order valence-corrected chi connectivity index (χ0v) is 21.4. The van der Waals surface area contributed by atoms with Crippen molar-refractivity contribution in [1.29, 1.82) is 0 Å². The summed E-state index contributed by atoms with van der Waals surface area (Å²) in [6.07, 6.45) is 1.55. The summed E-state index contributed by atoms with van der Waals surface area (Å²) in [6.45, 7) is 5.10. The molecule has 1 unspecified atom stereocenters. The molecule has 0 spiro atoms. The lowest BCUT2D eigenvalue weighted by atomic mass is 10.0. The number of ether oxygens (including phenoxy) is 1. The Morgan fingerprint density at radius 3 is 2.33 bits per heavy atom. The lowest BCUT2D eigenvalue weighted by Gasteiger charge is -2.27. The fourth-order valence-electron chi connectivity index (χ4n) is 4.70. The van der Waals surface area contributed by atoms with Crippen LogP contribution in [0.1, 0.15) is 28.9 Å². The molecule has 1 aliphatic rings. The molecule has 0 aliphatic carbocycles. The van der Waals surface area contributed by atoms with Crippen molar-refractivity contribution in [3.8, 4) is 16.9 Å². The molecule has 1 amide bonds. The predicted octanol–water partition coefficient (Wildman–Crippen LogP) is 3.87. The van der Waals surface area contributed by atoms with Gasteiger partial charge in [0, 0.05) is 37.9 Å². The van der Waals surface area contributed by atoms with E-state index in [0.29, 0.717) is 36.4 Å². The number of amides is 1. The van der Waals surface area contributed by atoms with Gasteiger partial charge < -0.3 is 15.2 Å². The molecule has 8 nitrogen and oxygen atoms in total. The Balaban J connectivity index is 1.56. The number of carbonyl (C=O) groups excluding carboxylic acids is 1. The van der Waals surface area contributed by atoms with E-state index in [4.69, 9.17) is 4.74 Å². The standard InChI is InChI=1S/C29H28F2N4O4/c1-18(19-2-6-22(30)7-3-19)33-28(37)25-26(36)24-16-21(20-4-8-23(31)9-5-20)17-32-27(24)35(29(25)38)11-10-34-12-14-39-15-13-34/h2-9,16-18,36H,10-15H2,1H3,(H,33,37). The highest BCUT2D eigenvalue weighted by Gasteiger charge is 2.25. The van der Waals surface area contributed by atoms with Crippen LogP contribution in [0.3, 0.4) is 0 Å². The fraction of sp³-hybridized carbons (Fsp3) is 0.276. The number of nitrogens with zero attached hydrogens (tertiary/aromatic N) is 3. The van der Waals surface area contributed by atoms with Crippen LogP contribution in [-0.4, -0.2) is 58.3 Å². The Labute approximate surface area is 223 Å². The number of aromatic nitrogens is 2. The predicted molar refractivity (Wildman–Crippen MR) is 143 cm³/mol. The number of hydrogen-bond acceptors (Lipinski definition) is 6. The highest BCUT2D eigenvalue weighted by Crippen LogP contribution is 2.30. The molecule has 10 heteroatoms. The second-order valence-electron chi connectivity index (χ2n) is 9.48. The number of rotatable bonds is 7. The van der Waals surface area contributed by atoms with E-state index in [-0.39, 0.29) is 23.4 Å². The molecule has 3 heterocycles. The summed E-state index contributed by atoms with van der Waals surface area (Å²) in [5.41, 5.74) is 1.04. The molecule has 1 fully saturated rings. The van der Waals surface area contributed by atoms with Crippen molar-refractivity contribution in [1.82, 2.24) is 19.8 Å². The van der Waals surface area contributed by atoms with Gasteiger partial charge in [0.2, 0.25) is 0 Å². The fourth-order valence-corrected chi connectivity index (χ4v) is 4.70. The van der Waals surface area contributed by atoms with Crippen LogP contribution in [0.25, 0.3) is 22.2 Å². The molecule has 1 atom stereocenters. The van der Waals surface area contributed by atoms with Gasteiger partial charge in [0.05, 0.1) is 24.6 Å². The normalized spacial score (nSPS) is 14.8. The molecule has 0 saturated carbocycles. The topological polar surface area (TPSA) is 96.7 Å². The number of hydrogen-bond donors (Lipinski definition) is 2. The van der Waals surface area contributed by atoms with Crippen LogP contribution in [0.4, 0.5) is 8.78 Å². The summed E-state index contributed by atoms with van der Waals surface area (Å²) in [7, 11) is 0. The summed E-state index contributed by atoms with van der Waals surface area (Å²) in [6, 6.07) is 12.5. The van der Waals surface area contributed by atoms with Gasteiger partial charge in [-0.05, 0) is 48.4 Å². The number of nitrogens with one attached hydrogen (secondary N) is 1. The zero-order chi connectivity index (χ0) is 27.5. The monoisotopic (exact) mass is 534 g/mol. The van der Waals surface area contributed by atoms with Gasteiger partial charge in [-0.1, -0.05) is 24.3 Å². The second-order valence-corrected chi connectivity index (χ2v) is 9.48. The van der Waals surface area contributed by atoms with Crippen molar-refractivity contribution in [2.75, 3.05) is 32.8 Å². The van der Waals surface area contributed by atoms with Gasteiger partial charge in [-0.25, -0.2) is 13.8 Å². The molecule has 1 saturated heterocycles. The highest BCUT2D eigenvalue weighted by molar-refractivity contribution is 6.02. The van der Waals surface area contributed by atoms with Crippen molar-refractivity contribution in [3.05, 3.63) is 93.9 Å². The van der Waals surface area contributed by atoms with Crippen LogP contribution in [0.15, 0.2) is 65.6 Å². The maximum Gasteiger partial charge on any atom is 0.268 e. The minimum Gasteiger partial charge on any atom is -0.506 e. The quantitative estimate of drug-likeness (QED) is 0.374. The van der Waals surface area contributed by atoms with E-state index in [0.717, 1.165) is 13.1 Å². The average Bonchev–Trinajstić information content (AvgIpc) is 2.94. The van der Waals surface area contributed by atoms with E-state index in [9.17, 15) is 23.5 Å². The van der Waals surface area contributed by atoms with E-state index in [1.807, 2.05) is 0 Å². The molecule has 2 aromatic heterocycles. The maximum atomic E-state index is 13.6. The third-order valence-electron chi connectivity index (χ3n) is 6.94. The lowest BCUT2D eigenvalue weighted by Crippen LogP contribution is -2.40. The van der Waals surface area contributed by atoms with Gasteiger partial charge in [0.1, 0.15) is 28.6 Å². The van der Waals surface area contributed by atoms with Gasteiger partial charge in [0.25, 0.3) is 11.5 Å². The first kappa shape index (κ1) is 26.5. The molecule has 202 valence electrons. The van der Waals surface area contributed by atoms with Gasteiger partial charge >= 0.3 is 0 Å². The molecular weight excluding hydrogens is 506 g/mol. The van der Waals surface area contributed by atoms with Crippen LogP contribution in [-0.2, 0) is 11.3 Å². The van der Waals surface area contributed by atoms with Gasteiger partial charge in [0.15, 0.2) is 0 Å². The Kier molecular flexibility index (Phi) is 7.67. The van der Waals surface area contributed by atoms with E-state index >= 15 is 0 Å². The molecule has 39 heavy (non-hydrogen) atoms.